The molecule has 0 aromatic heterocycles. The fourth-order valence-electron chi connectivity index (χ4n) is 2.60. The largest absolute Gasteiger partial charge is 0.490 e. The third-order valence-electron chi connectivity index (χ3n) is 4.06. The van der Waals surface area contributed by atoms with E-state index >= 15 is 0 Å². The van der Waals surface area contributed by atoms with Gasteiger partial charge in [0.15, 0.2) is 18.1 Å². The zero-order valence-corrected chi connectivity index (χ0v) is 18.3. The van der Waals surface area contributed by atoms with Gasteiger partial charge in [-0.2, -0.15) is 5.10 Å². The van der Waals surface area contributed by atoms with Gasteiger partial charge in [0.05, 0.1) is 19.4 Å². The van der Waals surface area contributed by atoms with E-state index in [1.165, 1.54) is 6.21 Å². The molecular weight excluding hydrogens is 414 g/mol. The van der Waals surface area contributed by atoms with Crippen LogP contribution in [0.5, 0.6) is 11.5 Å². The molecule has 0 spiro atoms. The van der Waals surface area contributed by atoms with Crippen LogP contribution in [0.1, 0.15) is 31.4 Å². The van der Waals surface area contributed by atoms with Crippen molar-refractivity contribution in [1.82, 2.24) is 5.43 Å². The Labute approximate surface area is 186 Å². The van der Waals surface area contributed by atoms with Crippen LogP contribution in [0.15, 0.2) is 47.6 Å². The first-order chi connectivity index (χ1) is 15.4. The number of aryl methyl sites for hydroxylation is 1. The maximum atomic E-state index is 12.0. The van der Waals surface area contributed by atoms with Crippen LogP contribution in [0.25, 0.3) is 0 Å². The normalized spacial score (nSPS) is 10.5. The van der Waals surface area contributed by atoms with Gasteiger partial charge < -0.3 is 19.5 Å². The molecule has 170 valence electrons. The van der Waals surface area contributed by atoms with E-state index in [0.717, 1.165) is 5.56 Å². The number of nitrogens with one attached hydrogen (secondary N) is 2. The van der Waals surface area contributed by atoms with E-state index in [9.17, 15) is 14.4 Å². The Morgan fingerprint density at radius 2 is 1.75 bits per heavy atom. The molecule has 2 rings (SSSR count). The molecule has 0 saturated carbocycles. The van der Waals surface area contributed by atoms with Gasteiger partial charge in [0.25, 0.3) is 0 Å². The average Bonchev–Trinajstić information content (AvgIpc) is 2.75. The highest BCUT2D eigenvalue weighted by Crippen LogP contribution is 2.28. The van der Waals surface area contributed by atoms with Crippen LogP contribution in [0, 0.1) is 6.92 Å². The Bertz CT molecular complexity index is 974. The Kier molecular flexibility index (Phi) is 9.70. The lowest BCUT2D eigenvalue weighted by molar-refractivity contribution is -0.145. The molecule has 0 atom stereocenters. The lowest BCUT2D eigenvalue weighted by Crippen LogP contribution is -2.24. The molecule has 9 nitrogen and oxygen atoms in total. The minimum atomic E-state index is -0.549. The van der Waals surface area contributed by atoms with Crippen molar-refractivity contribution in [3.63, 3.8) is 0 Å². The van der Waals surface area contributed by atoms with Crippen molar-refractivity contribution in [3.05, 3.63) is 53.6 Å². The molecule has 0 aliphatic heterocycles. The molecule has 0 fully saturated rings. The summed E-state index contributed by atoms with van der Waals surface area (Å²) >= 11 is 0. The lowest BCUT2D eigenvalue weighted by atomic mass is 10.2. The predicted octanol–water partition coefficient (Wildman–Crippen LogP) is 2.81. The van der Waals surface area contributed by atoms with Gasteiger partial charge in [-0.05, 0) is 56.2 Å². The molecule has 9 heteroatoms. The molecule has 2 aromatic rings. The number of para-hydroxylation sites is 1. The number of esters is 1. The summed E-state index contributed by atoms with van der Waals surface area (Å²) in [4.78, 5) is 35.5. The van der Waals surface area contributed by atoms with Crippen molar-refractivity contribution in [2.45, 2.75) is 27.2 Å². The zero-order chi connectivity index (χ0) is 23.3. The second-order valence-electron chi connectivity index (χ2n) is 6.57. The number of carbonyl (C=O) groups excluding carboxylic acids is 3. The van der Waals surface area contributed by atoms with Crippen molar-refractivity contribution in [3.8, 4) is 11.5 Å². The molecule has 32 heavy (non-hydrogen) atoms. The monoisotopic (exact) mass is 441 g/mol. The van der Waals surface area contributed by atoms with E-state index in [-0.39, 0.29) is 19.6 Å². The molecule has 0 bridgehead atoms. The van der Waals surface area contributed by atoms with Gasteiger partial charge in [-0.25, -0.2) is 10.2 Å². The summed E-state index contributed by atoms with van der Waals surface area (Å²) in [6.07, 6.45) is 1.05. The highest BCUT2D eigenvalue weighted by atomic mass is 16.6. The molecule has 2 N–H and O–H groups in total. The number of rotatable bonds is 11. The van der Waals surface area contributed by atoms with Crippen LogP contribution in [0.3, 0.4) is 0 Å². The number of nitrogens with zero attached hydrogens (tertiary/aromatic N) is 1. The first kappa shape index (κ1) is 24.4. The van der Waals surface area contributed by atoms with Crippen LogP contribution in [0.4, 0.5) is 5.69 Å². The third kappa shape index (κ3) is 8.10. The van der Waals surface area contributed by atoms with E-state index in [1.807, 2.05) is 26.0 Å². The molecule has 0 radical (unpaired) electrons. The van der Waals surface area contributed by atoms with Crippen LogP contribution < -0.4 is 20.2 Å². The molecule has 2 aromatic carbocycles. The number of carbonyl (C=O) groups is 3. The Balaban J connectivity index is 1.90. The third-order valence-corrected chi connectivity index (χ3v) is 4.06. The number of hydrogen-bond donors (Lipinski definition) is 2. The fourth-order valence-corrected chi connectivity index (χ4v) is 2.60. The standard InChI is InChI=1S/C23H27N3O6/c1-4-30-20-12-17(10-11-19(20)32-15-23(29)31-5-2)14-24-26-22(28)13-21(27)25-18-9-7-6-8-16(18)3/h6-12,14H,4-5,13,15H2,1-3H3,(H,25,27)(H,26,28). The quantitative estimate of drug-likeness (QED) is 0.240. The van der Waals surface area contributed by atoms with Gasteiger partial charge in [-0.3, -0.25) is 9.59 Å². The van der Waals surface area contributed by atoms with Gasteiger partial charge in [0.2, 0.25) is 11.8 Å². The number of hydrogen-bond acceptors (Lipinski definition) is 7. The highest BCUT2D eigenvalue weighted by Gasteiger charge is 2.11. The molecule has 0 heterocycles. The smallest absolute Gasteiger partial charge is 0.344 e. The molecule has 0 aliphatic rings. The Hall–Kier alpha value is -3.88. The van der Waals surface area contributed by atoms with E-state index < -0.39 is 17.8 Å². The van der Waals surface area contributed by atoms with Crippen molar-refractivity contribution in [2.75, 3.05) is 25.1 Å². The zero-order valence-electron chi connectivity index (χ0n) is 18.3. The first-order valence-corrected chi connectivity index (χ1v) is 10.2. The van der Waals surface area contributed by atoms with Crippen LogP contribution in [-0.2, 0) is 19.1 Å². The number of ether oxygens (including phenoxy) is 3. The van der Waals surface area contributed by atoms with Gasteiger partial charge in [-0.15, -0.1) is 0 Å². The van der Waals surface area contributed by atoms with Gasteiger partial charge in [0, 0.05) is 5.69 Å². The van der Waals surface area contributed by atoms with Crippen molar-refractivity contribution >= 4 is 29.7 Å². The fraction of sp³-hybridized carbons (Fsp3) is 0.304. The van der Waals surface area contributed by atoms with Gasteiger partial charge in [0.1, 0.15) is 6.42 Å². The summed E-state index contributed by atoms with van der Waals surface area (Å²) in [7, 11) is 0. The van der Waals surface area contributed by atoms with Crippen LogP contribution >= 0.6 is 0 Å². The molecule has 0 unspecified atom stereocenters. The summed E-state index contributed by atoms with van der Waals surface area (Å²) in [5.74, 6) is -0.658. The van der Waals surface area contributed by atoms with E-state index in [0.29, 0.717) is 29.4 Å². The van der Waals surface area contributed by atoms with E-state index in [2.05, 4.69) is 15.8 Å². The minimum absolute atomic E-state index is 0.234. The van der Waals surface area contributed by atoms with Crippen LogP contribution in [0.2, 0.25) is 0 Å². The number of amides is 2. The topological polar surface area (TPSA) is 115 Å². The minimum Gasteiger partial charge on any atom is -0.490 e. The maximum Gasteiger partial charge on any atom is 0.344 e. The van der Waals surface area contributed by atoms with Gasteiger partial charge in [-0.1, -0.05) is 18.2 Å². The van der Waals surface area contributed by atoms with Crippen molar-refractivity contribution in [1.29, 1.82) is 0 Å². The molecule has 0 aliphatic carbocycles. The summed E-state index contributed by atoms with van der Waals surface area (Å²) < 4.78 is 15.8. The summed E-state index contributed by atoms with van der Waals surface area (Å²) in [6, 6.07) is 12.3. The van der Waals surface area contributed by atoms with E-state index in [1.54, 1.807) is 37.3 Å². The van der Waals surface area contributed by atoms with Gasteiger partial charge >= 0.3 is 5.97 Å². The number of hydrazone groups is 1. The lowest BCUT2D eigenvalue weighted by Gasteiger charge is -2.12. The second-order valence-corrected chi connectivity index (χ2v) is 6.57. The Morgan fingerprint density at radius 1 is 0.969 bits per heavy atom. The molecule has 0 saturated heterocycles. The van der Waals surface area contributed by atoms with E-state index in [4.69, 9.17) is 14.2 Å². The molecule has 2 amide bonds. The van der Waals surface area contributed by atoms with Crippen LogP contribution in [-0.4, -0.2) is 43.8 Å². The van der Waals surface area contributed by atoms with Crippen molar-refractivity contribution in [2.24, 2.45) is 5.10 Å². The average molecular weight is 441 g/mol. The number of anilines is 1. The highest BCUT2D eigenvalue weighted by molar-refractivity contribution is 6.04. The maximum absolute atomic E-state index is 12.0. The summed E-state index contributed by atoms with van der Waals surface area (Å²) in [5, 5.41) is 6.56. The van der Waals surface area contributed by atoms with Crippen molar-refractivity contribution < 1.29 is 28.6 Å². The molecular formula is C23H27N3O6. The Morgan fingerprint density at radius 3 is 2.47 bits per heavy atom. The second kappa shape index (κ2) is 12.7. The SMILES string of the molecule is CCOC(=O)COc1ccc(C=NNC(=O)CC(=O)Nc2ccccc2C)cc1OCC. The predicted molar refractivity (Wildman–Crippen MR) is 120 cm³/mol. The summed E-state index contributed by atoms with van der Waals surface area (Å²) in [5.41, 5.74) is 4.50. The first-order valence-electron chi connectivity index (χ1n) is 10.2. The summed E-state index contributed by atoms with van der Waals surface area (Å²) in [6.45, 7) is 5.83. The number of benzene rings is 2.